The van der Waals surface area contributed by atoms with Crippen molar-refractivity contribution in [1.29, 1.82) is 0 Å². The van der Waals surface area contributed by atoms with Crippen LogP contribution in [-0.2, 0) is 9.68 Å². The normalized spacial score (nSPS) is 12.9. The van der Waals surface area contributed by atoms with Crippen molar-refractivity contribution >= 4 is 40.6 Å². The number of benzene rings is 2. The van der Waals surface area contributed by atoms with Crippen molar-refractivity contribution in [3.8, 4) is 23.0 Å². The average molecular weight is 1330 g/mol. The van der Waals surface area contributed by atoms with Crippen LogP contribution in [0.3, 0.4) is 0 Å². The maximum atomic E-state index is 13.8. The van der Waals surface area contributed by atoms with Gasteiger partial charge in [0.1, 0.15) is 0 Å². The summed E-state index contributed by atoms with van der Waals surface area (Å²) in [4.78, 5) is 35.5. The molecule has 0 amide bonds. The summed E-state index contributed by atoms with van der Waals surface area (Å²) in [5.74, 6) is -42.5. The van der Waals surface area contributed by atoms with E-state index in [0.29, 0.717) is 18.4 Å². The molecule has 438 valence electrons. The number of carbonyl (C=O) groups excluding carboxylic acids is 3. The first kappa shape index (κ1) is 82.4. The van der Waals surface area contributed by atoms with E-state index in [9.17, 15) is 107 Å². The number of aromatic hydroxyl groups is 2. The smallest absolute Gasteiger partial charge is 1.00 e. The first-order valence-electron chi connectivity index (χ1n) is 21.3. The molecule has 0 bridgehead atoms. The minimum Gasteiger partial charge on any atom is -1.00 e. The monoisotopic (exact) mass is 1330 g/mol. The summed E-state index contributed by atoms with van der Waals surface area (Å²) in [6, 6.07) is 6.74. The van der Waals surface area contributed by atoms with Crippen molar-refractivity contribution < 1.29 is 241 Å². The first-order valence-corrected chi connectivity index (χ1v) is 22.8. The van der Waals surface area contributed by atoms with Crippen LogP contribution in [0.4, 0.5) is 92.2 Å². The summed E-state index contributed by atoms with van der Waals surface area (Å²) in [5.41, 5.74) is -1.40. The topological polar surface area (TPSA) is 142 Å². The minimum atomic E-state index is -7.14. The van der Waals surface area contributed by atoms with E-state index in [1.54, 1.807) is 20.8 Å². The Morgan fingerprint density at radius 2 is 0.870 bits per heavy atom. The zero-order valence-electron chi connectivity index (χ0n) is 43.1. The standard InChI is InChI=1S/C25H24F18O3.C11H14O3.C7H12F3I.CH2O3.2K.H/c1-17(2,3)16(44)13-6-7-14(45-10-4-8-18(26,27)20(30,31)22(34,35)24(38,39)40)15(12-13)46-11-5-9-19(28,29)21(32,33)23(36,37)25(41,42)43;1-11(2,3)10(14)7-4-5-8(12)9(13)6-7;8-7(9,10)5-3-1-2-4-6-11;2-1-4-3;;;/h6-7,12H,4-5,8-11H2,1-3H3;4-6,12-13H,1-3H3;1-6H2;1,3H;;;/q;;;;2*+1;-1/p-1. The maximum absolute atomic E-state index is 13.8. The third-order valence-electron chi connectivity index (χ3n) is 9.39. The summed E-state index contributed by atoms with van der Waals surface area (Å²) in [7, 11) is 0. The molecule has 2 aromatic rings. The first-order chi connectivity index (χ1) is 33.5. The van der Waals surface area contributed by atoms with E-state index in [0.717, 1.165) is 35.5 Å². The van der Waals surface area contributed by atoms with Gasteiger partial charge in [-0.3, -0.25) is 14.4 Å². The van der Waals surface area contributed by atoms with E-state index >= 15 is 0 Å². The van der Waals surface area contributed by atoms with Crippen LogP contribution in [-0.4, -0.2) is 100.0 Å². The molecule has 0 saturated carbocycles. The number of alkyl halides is 22. The van der Waals surface area contributed by atoms with Crippen molar-refractivity contribution in [3.63, 3.8) is 0 Å². The number of hydrogen-bond acceptors (Lipinski definition) is 9. The molecule has 2 aromatic carbocycles. The minimum absolute atomic E-state index is 0. The Morgan fingerprint density at radius 3 is 1.19 bits per heavy atom. The van der Waals surface area contributed by atoms with Crippen LogP contribution in [0.25, 0.3) is 0 Å². The predicted octanol–water partition coefficient (Wildman–Crippen LogP) is 8.99. The van der Waals surface area contributed by atoms with Crippen LogP contribution in [0.2, 0.25) is 0 Å². The van der Waals surface area contributed by atoms with Crippen LogP contribution in [0, 0.1) is 10.8 Å². The summed E-state index contributed by atoms with van der Waals surface area (Å²) in [5, 5.41) is 26.7. The van der Waals surface area contributed by atoms with E-state index < -0.39 is 127 Å². The third kappa shape index (κ3) is 26.0. The number of phenolic OH excluding ortho intramolecular Hbond substituents is 2. The molecule has 0 unspecified atom stereocenters. The Hall–Kier alpha value is -1.06. The predicted molar refractivity (Wildman–Crippen MR) is 231 cm³/mol. The molecule has 0 aromatic heterocycles. The number of unbranched alkanes of at least 4 members (excludes halogenated alkanes) is 3. The zero-order chi connectivity index (χ0) is 59.7. The Morgan fingerprint density at radius 1 is 0.519 bits per heavy atom. The molecule has 0 aliphatic heterocycles. The van der Waals surface area contributed by atoms with Crippen molar-refractivity contribution in [3.05, 3.63) is 47.5 Å². The fraction of sp³-hybridized carbons (Fsp3) is 0.659. The summed E-state index contributed by atoms with van der Waals surface area (Å²) in [6.07, 6.45) is -23.0. The molecule has 0 spiro atoms. The molecule has 2 rings (SSSR count). The molecule has 9 nitrogen and oxygen atoms in total. The molecular weight excluding hydrogens is 1280 g/mol. The average Bonchev–Trinajstić information content (AvgIpc) is 3.25. The Bertz CT molecular complexity index is 2100. The molecular formula is C44H52F21IK2O9. The number of carbonyl (C=O) groups is 3. The van der Waals surface area contributed by atoms with Crippen LogP contribution in [0.15, 0.2) is 36.4 Å². The number of ether oxygens (including phenoxy) is 2. The molecule has 0 fully saturated rings. The van der Waals surface area contributed by atoms with Crippen LogP contribution in [0.5, 0.6) is 23.0 Å². The third-order valence-corrected chi connectivity index (χ3v) is 10.2. The second-order valence-corrected chi connectivity index (χ2v) is 18.9. The van der Waals surface area contributed by atoms with Crippen LogP contribution in [0.1, 0.15) is 121 Å². The van der Waals surface area contributed by atoms with Crippen molar-refractivity contribution in [2.45, 2.75) is 153 Å². The molecule has 0 saturated heterocycles. The quantitative estimate of drug-likeness (QED) is 0.0113. The van der Waals surface area contributed by atoms with Gasteiger partial charge >= 0.3 is 157 Å². The van der Waals surface area contributed by atoms with Gasteiger partial charge in [-0.05, 0) is 66.5 Å². The molecule has 0 aliphatic carbocycles. The number of halogens is 22. The van der Waals surface area contributed by atoms with Gasteiger partial charge in [0.05, 0.1) is 13.2 Å². The van der Waals surface area contributed by atoms with Gasteiger partial charge in [0.15, 0.2) is 34.6 Å². The molecule has 0 heterocycles. The maximum Gasteiger partial charge on any atom is 1.00 e. The molecule has 33 heteroatoms. The van der Waals surface area contributed by atoms with E-state index in [1.807, 2.05) is 0 Å². The van der Waals surface area contributed by atoms with Gasteiger partial charge in [-0.2, -0.15) is 92.2 Å². The van der Waals surface area contributed by atoms with Crippen molar-refractivity contribution in [2.24, 2.45) is 10.8 Å². The van der Waals surface area contributed by atoms with Gasteiger partial charge in [-0.15, -0.1) is 0 Å². The zero-order valence-corrected chi connectivity index (χ0v) is 50.5. The van der Waals surface area contributed by atoms with Crippen molar-refractivity contribution in [1.82, 2.24) is 0 Å². The van der Waals surface area contributed by atoms with Gasteiger partial charge in [0, 0.05) is 41.2 Å². The molecule has 0 atom stereocenters. The van der Waals surface area contributed by atoms with E-state index in [-0.39, 0.29) is 134 Å². The SMILES string of the molecule is CC(C)(C)C(=O)c1ccc(O)c(O)c1.CC(C)(C)C(=O)c1ccc(OCCCC(F)(F)C(F)(F)C(F)(F)C(F)(F)F)c(OCCCC(F)(F)C(F)(F)C(F)(F)C(F)(F)F)c1.FC(F)(F)CCCCCCI.O=CO[O-].[H-].[K+].[K+]. The van der Waals surface area contributed by atoms with Gasteiger partial charge in [-0.1, -0.05) is 77.0 Å². The fourth-order valence-electron chi connectivity index (χ4n) is 5.27. The van der Waals surface area contributed by atoms with Gasteiger partial charge in [0.25, 0.3) is 6.47 Å². The van der Waals surface area contributed by atoms with E-state index in [2.05, 4.69) is 27.5 Å². The van der Waals surface area contributed by atoms with Gasteiger partial charge < -0.3 is 31.3 Å². The van der Waals surface area contributed by atoms with E-state index in [4.69, 9.17) is 24.6 Å². The largest absolute Gasteiger partial charge is 1.00 e. The number of hydrogen-bond donors (Lipinski definition) is 2. The number of Topliss-reactive ketones (excluding diaryl/α,β-unsaturated/α-hetero) is 2. The summed E-state index contributed by atoms with van der Waals surface area (Å²) >= 11 is 2.23. The Kier molecular flexibility index (Phi) is 35.6. The van der Waals surface area contributed by atoms with Crippen LogP contribution >= 0.6 is 22.6 Å². The van der Waals surface area contributed by atoms with Crippen LogP contribution < -0.4 is 118 Å². The van der Waals surface area contributed by atoms with E-state index in [1.165, 1.54) is 39.0 Å². The number of ketones is 2. The molecule has 77 heavy (non-hydrogen) atoms. The number of phenols is 2. The molecule has 2 N–H and O–H groups in total. The molecule has 0 aliphatic rings. The van der Waals surface area contributed by atoms with Gasteiger partial charge in [0.2, 0.25) is 0 Å². The Labute approximate surface area is 527 Å². The fourth-order valence-corrected chi connectivity index (χ4v) is 5.81. The van der Waals surface area contributed by atoms with Crippen molar-refractivity contribution in [2.75, 3.05) is 17.6 Å². The number of rotatable bonds is 22. The Balaban J connectivity index is -0.000000449. The van der Waals surface area contributed by atoms with Gasteiger partial charge in [-0.25, -0.2) is 0 Å². The molecule has 0 radical (unpaired) electrons. The second-order valence-electron chi connectivity index (χ2n) is 17.8. The summed E-state index contributed by atoms with van der Waals surface area (Å²) < 4.78 is 280. The second kappa shape index (κ2) is 33.3. The summed E-state index contributed by atoms with van der Waals surface area (Å²) in [6.45, 7) is 7.18.